The fraction of sp³-hybridized carbons (Fsp3) is 0.737. The highest BCUT2D eigenvalue weighted by Crippen LogP contribution is 2.44. The molecule has 1 aliphatic rings. The summed E-state index contributed by atoms with van der Waals surface area (Å²) in [4.78, 5) is 24.8. The van der Waals surface area contributed by atoms with Gasteiger partial charge in [0.1, 0.15) is 18.8 Å². The van der Waals surface area contributed by atoms with Crippen molar-refractivity contribution in [1.82, 2.24) is 5.32 Å². The van der Waals surface area contributed by atoms with E-state index in [1.807, 2.05) is 61.0 Å². The highest BCUT2D eigenvalue weighted by molar-refractivity contribution is 7.45. The Morgan fingerprint density at radius 3 is 1.98 bits per heavy atom. The fourth-order valence-electron chi connectivity index (χ4n) is 6.48. The van der Waals surface area contributed by atoms with Crippen LogP contribution in [0, 0.1) is 0 Å². The van der Waals surface area contributed by atoms with Crippen molar-refractivity contribution < 1.29 is 37.3 Å². The van der Waals surface area contributed by atoms with Gasteiger partial charge in [-0.2, -0.15) is 4.57 Å². The van der Waals surface area contributed by atoms with E-state index in [2.05, 4.69) is 12.2 Å². The van der Waals surface area contributed by atoms with Gasteiger partial charge in [0.05, 0.1) is 12.2 Å². The maximum Gasteiger partial charge on any atom is 0.407 e. The third kappa shape index (κ3) is 16.1. The molecule has 1 aromatic carbocycles. The van der Waals surface area contributed by atoms with E-state index >= 15 is 0 Å². The monoisotopic (exact) mass is 690 g/mol. The van der Waals surface area contributed by atoms with E-state index in [-0.39, 0.29) is 19.8 Å². The number of aromatic nitrogens is 1. The second-order valence-electron chi connectivity index (χ2n) is 14.1. The minimum absolute atomic E-state index is 0.0445. The average Bonchev–Trinajstić information content (AvgIpc) is 3.39. The first-order chi connectivity index (χ1) is 23.1. The van der Waals surface area contributed by atoms with Crippen LogP contribution in [0.25, 0.3) is 10.9 Å². The molecule has 1 aliphatic heterocycles. The Labute approximate surface area is 290 Å². The van der Waals surface area contributed by atoms with Crippen LogP contribution in [0.2, 0.25) is 0 Å². The summed E-state index contributed by atoms with van der Waals surface area (Å²) in [5.41, 5.74) is -0.564. The number of unbranched alkanes of at least 4 members (excludes halogenated alkanes) is 15. The third-order valence-corrected chi connectivity index (χ3v) is 10.3. The van der Waals surface area contributed by atoms with Gasteiger partial charge in [-0.15, -0.1) is 0 Å². The molecule has 3 rings (SSSR count). The molecule has 0 bridgehead atoms. The highest BCUT2D eigenvalue weighted by atomic mass is 31.2. The number of phosphoric ester groups is 1. The van der Waals surface area contributed by atoms with Gasteiger partial charge < -0.3 is 28.7 Å². The summed E-state index contributed by atoms with van der Waals surface area (Å²) < 4.78 is 36.5. The van der Waals surface area contributed by atoms with Crippen LogP contribution in [-0.2, 0) is 29.6 Å². The van der Waals surface area contributed by atoms with E-state index in [0.717, 1.165) is 23.7 Å². The van der Waals surface area contributed by atoms with Crippen molar-refractivity contribution in [3.8, 4) is 0 Å². The molecule has 10 heteroatoms. The number of hydrogen-bond acceptors (Lipinski definition) is 7. The topological polar surface area (TPSA) is 110 Å². The Morgan fingerprint density at radius 1 is 0.812 bits per heavy atom. The zero-order valence-electron chi connectivity index (χ0n) is 30.1. The summed E-state index contributed by atoms with van der Waals surface area (Å²) >= 11 is 0. The number of amides is 1. The van der Waals surface area contributed by atoms with Gasteiger partial charge in [-0.05, 0) is 45.2 Å². The Kier molecular flexibility index (Phi) is 18.5. The first kappa shape index (κ1) is 40.4. The number of hydrogen-bond donors (Lipinski definition) is 1. The molecule has 0 spiro atoms. The van der Waals surface area contributed by atoms with E-state index < -0.39 is 25.1 Å². The van der Waals surface area contributed by atoms with E-state index in [4.69, 9.17) is 18.5 Å². The second kappa shape index (κ2) is 21.9. The number of pyridine rings is 1. The number of nitrogens with one attached hydrogen (secondary N) is 1. The molecule has 0 saturated carbocycles. The first-order valence-corrected chi connectivity index (χ1v) is 20.2. The van der Waals surface area contributed by atoms with Gasteiger partial charge in [-0.25, -0.2) is 4.79 Å². The number of phosphoric acid groups is 1. The van der Waals surface area contributed by atoms with Crippen molar-refractivity contribution in [2.45, 2.75) is 154 Å². The maximum atomic E-state index is 12.5. The van der Waals surface area contributed by atoms with E-state index in [1.54, 1.807) is 0 Å². The largest absolute Gasteiger partial charge is 0.756 e. The zero-order chi connectivity index (χ0) is 34.6. The van der Waals surface area contributed by atoms with Crippen molar-refractivity contribution in [3.05, 3.63) is 42.6 Å². The lowest BCUT2D eigenvalue weighted by molar-refractivity contribution is -0.672. The van der Waals surface area contributed by atoms with Crippen LogP contribution in [0.3, 0.4) is 0 Å². The first-order valence-electron chi connectivity index (χ1n) is 18.7. The molecule has 1 unspecified atom stereocenters. The van der Waals surface area contributed by atoms with Crippen molar-refractivity contribution >= 4 is 24.8 Å². The van der Waals surface area contributed by atoms with Crippen LogP contribution >= 0.6 is 7.82 Å². The van der Waals surface area contributed by atoms with Gasteiger partial charge >= 0.3 is 6.09 Å². The predicted molar refractivity (Wildman–Crippen MR) is 190 cm³/mol. The quantitative estimate of drug-likeness (QED) is 0.0596. The maximum absolute atomic E-state index is 12.5. The zero-order valence-corrected chi connectivity index (χ0v) is 31.0. The van der Waals surface area contributed by atoms with Gasteiger partial charge in [0.2, 0.25) is 5.52 Å². The van der Waals surface area contributed by atoms with Crippen LogP contribution in [0.4, 0.5) is 4.79 Å². The minimum Gasteiger partial charge on any atom is -0.756 e. The lowest BCUT2D eigenvalue weighted by atomic mass is 9.99. The molecule has 1 fully saturated rings. The van der Waals surface area contributed by atoms with Crippen LogP contribution < -0.4 is 14.8 Å². The molecular formula is C38H63N2O7P. The summed E-state index contributed by atoms with van der Waals surface area (Å²) in [5, 5.41) is 3.91. The molecule has 2 aromatic rings. The Bertz CT molecular complexity index is 1240. The van der Waals surface area contributed by atoms with Crippen molar-refractivity contribution in [2.24, 2.45) is 0 Å². The number of para-hydroxylation sites is 1. The third-order valence-electron chi connectivity index (χ3n) is 9.38. The SMILES string of the molecule is CCCCCCCCCCCCCCCCCCNC(=O)OC[C@]1(C)CC[C@](C)(COP(=O)([O-])OCC[n+]2cccc3ccccc32)O1. The Balaban J connectivity index is 1.17. The summed E-state index contributed by atoms with van der Waals surface area (Å²) in [6, 6.07) is 11.8. The van der Waals surface area contributed by atoms with Gasteiger partial charge in [0.15, 0.2) is 12.7 Å². The molecule has 48 heavy (non-hydrogen) atoms. The Morgan fingerprint density at radius 2 is 1.35 bits per heavy atom. The van der Waals surface area contributed by atoms with Gasteiger partial charge in [-0.1, -0.05) is 115 Å². The van der Waals surface area contributed by atoms with E-state index in [9.17, 15) is 14.3 Å². The van der Waals surface area contributed by atoms with Crippen LogP contribution in [-0.4, -0.2) is 43.7 Å². The summed E-state index contributed by atoms with van der Waals surface area (Å²) in [6.45, 7) is 6.78. The van der Waals surface area contributed by atoms with E-state index in [1.165, 1.54) is 89.9 Å². The van der Waals surface area contributed by atoms with Gasteiger partial charge in [-0.3, -0.25) is 4.57 Å². The van der Waals surface area contributed by atoms with Crippen LogP contribution in [0.15, 0.2) is 42.6 Å². The number of carbonyl (C=O) groups excluding carboxylic acids is 1. The Hall–Kier alpha value is -2.03. The fourth-order valence-corrected chi connectivity index (χ4v) is 7.29. The molecule has 272 valence electrons. The number of ether oxygens (including phenoxy) is 2. The predicted octanol–water partition coefficient (Wildman–Crippen LogP) is 8.94. The lowest BCUT2D eigenvalue weighted by Crippen LogP contribution is -2.40. The number of carbonyl (C=O) groups is 1. The molecular weight excluding hydrogens is 627 g/mol. The van der Waals surface area contributed by atoms with Gasteiger partial charge in [0.25, 0.3) is 7.82 Å². The molecule has 1 saturated heterocycles. The standard InChI is InChI=1S/C38H63N2O7P/c1-4-5-6-7-8-9-10-11-12-13-14-15-16-17-18-21-28-39-36(41)44-32-37(2)26-27-38(3,47-37)33-46-48(42,43)45-31-30-40-29-22-24-34-23-19-20-25-35(34)40/h19-20,22-25,29H,4-18,21,26-28,30-33H2,1-3H3,(H-,39,41,42,43)/t37-,38+/m0/s1. The molecule has 0 aliphatic carbocycles. The normalized spacial score (nSPS) is 20.6. The van der Waals surface area contributed by atoms with Gasteiger partial charge in [0, 0.05) is 24.1 Å². The van der Waals surface area contributed by atoms with Crippen LogP contribution in [0.1, 0.15) is 136 Å². The molecule has 1 N–H and O–H groups in total. The molecule has 0 radical (unpaired) electrons. The van der Waals surface area contributed by atoms with Crippen molar-refractivity contribution in [3.63, 3.8) is 0 Å². The number of alkyl carbamates (subject to hydrolysis) is 1. The average molecular weight is 691 g/mol. The smallest absolute Gasteiger partial charge is 0.407 e. The molecule has 3 atom stereocenters. The molecule has 9 nitrogen and oxygen atoms in total. The number of nitrogens with zero attached hydrogens (tertiary/aromatic N) is 1. The molecule has 2 heterocycles. The van der Waals surface area contributed by atoms with Crippen LogP contribution in [0.5, 0.6) is 0 Å². The molecule has 1 amide bonds. The molecule has 1 aromatic heterocycles. The summed E-state index contributed by atoms with van der Waals surface area (Å²) in [7, 11) is -4.53. The highest BCUT2D eigenvalue weighted by Gasteiger charge is 2.45. The number of rotatable bonds is 26. The number of fused-ring (bicyclic) bond motifs is 1. The second-order valence-corrected chi connectivity index (χ2v) is 15.5. The number of benzene rings is 1. The summed E-state index contributed by atoms with van der Waals surface area (Å²) in [5.74, 6) is 0. The minimum atomic E-state index is -4.53. The van der Waals surface area contributed by atoms with E-state index in [0.29, 0.717) is 25.9 Å². The lowest BCUT2D eigenvalue weighted by Gasteiger charge is -2.32. The van der Waals surface area contributed by atoms with Crippen molar-refractivity contribution in [1.29, 1.82) is 0 Å². The summed E-state index contributed by atoms with van der Waals surface area (Å²) in [6.07, 6.45) is 23.7. The van der Waals surface area contributed by atoms with Crippen molar-refractivity contribution in [2.75, 3.05) is 26.4 Å².